The molecule has 0 aliphatic heterocycles. The van der Waals surface area contributed by atoms with Crippen LogP contribution in [0, 0.1) is 0 Å². The van der Waals surface area contributed by atoms with Crippen molar-refractivity contribution < 1.29 is 54.1 Å². The first kappa shape index (κ1) is 28.0. The highest BCUT2D eigenvalue weighted by atomic mass is 19.4. The summed E-state index contributed by atoms with van der Waals surface area (Å²) in [5.74, 6) is -3.83. The van der Waals surface area contributed by atoms with Crippen molar-refractivity contribution in [3.63, 3.8) is 0 Å². The number of hydrogen-bond donors (Lipinski definition) is 0. The van der Waals surface area contributed by atoms with Gasteiger partial charge < -0.3 is 18.9 Å². The van der Waals surface area contributed by atoms with Crippen molar-refractivity contribution in [3.05, 3.63) is 25.3 Å². The standard InChI is InChI=1S/C8H12F4O2.C7H10F4O2/c1-3-7(5-9,8(10,11)12)14-6-13-4-2;1-3-6(8,7(9,10)11)13-5-12-4-2/h3H,1,4-6H2,2H3;3H,1,4-5H2,2H3. The summed E-state index contributed by atoms with van der Waals surface area (Å²) in [6.45, 7) is 5.98. The van der Waals surface area contributed by atoms with Crippen molar-refractivity contribution in [2.75, 3.05) is 33.5 Å². The Hall–Kier alpha value is -1.24. The highest BCUT2D eigenvalue weighted by Crippen LogP contribution is 2.36. The van der Waals surface area contributed by atoms with Gasteiger partial charge in [-0.3, -0.25) is 0 Å². The molecule has 0 aliphatic rings. The average molecular weight is 418 g/mol. The fourth-order valence-corrected chi connectivity index (χ4v) is 1.12. The molecule has 0 saturated carbocycles. The summed E-state index contributed by atoms with van der Waals surface area (Å²) in [7, 11) is 0. The van der Waals surface area contributed by atoms with Gasteiger partial charge in [-0.1, -0.05) is 13.2 Å². The molecule has 2 atom stereocenters. The number of hydrogen-bond acceptors (Lipinski definition) is 4. The Morgan fingerprint density at radius 3 is 1.44 bits per heavy atom. The van der Waals surface area contributed by atoms with Gasteiger partial charge in [-0.25, -0.2) is 4.39 Å². The van der Waals surface area contributed by atoms with Gasteiger partial charge in [0, 0.05) is 13.2 Å². The lowest BCUT2D eigenvalue weighted by molar-refractivity contribution is -0.327. The quantitative estimate of drug-likeness (QED) is 0.208. The van der Waals surface area contributed by atoms with E-state index in [0.717, 1.165) is 0 Å². The van der Waals surface area contributed by atoms with E-state index in [9.17, 15) is 35.1 Å². The van der Waals surface area contributed by atoms with Gasteiger partial charge in [0.1, 0.15) is 13.5 Å². The van der Waals surface area contributed by atoms with Crippen molar-refractivity contribution >= 4 is 0 Å². The summed E-state index contributed by atoms with van der Waals surface area (Å²) < 4.78 is 115. The zero-order valence-electron chi connectivity index (χ0n) is 14.8. The molecule has 0 saturated heterocycles. The van der Waals surface area contributed by atoms with Gasteiger partial charge >= 0.3 is 18.2 Å². The van der Waals surface area contributed by atoms with Crippen LogP contribution in [0.2, 0.25) is 0 Å². The second-order valence-corrected chi connectivity index (χ2v) is 4.58. The number of halogens is 8. The monoisotopic (exact) mass is 418 g/mol. The summed E-state index contributed by atoms with van der Waals surface area (Å²) in [5.41, 5.74) is -2.96. The van der Waals surface area contributed by atoms with Crippen LogP contribution in [-0.4, -0.2) is 57.3 Å². The molecule has 0 aromatic carbocycles. The van der Waals surface area contributed by atoms with Crippen LogP contribution in [-0.2, 0) is 18.9 Å². The largest absolute Gasteiger partial charge is 0.452 e. The van der Waals surface area contributed by atoms with Crippen LogP contribution >= 0.6 is 0 Å². The second kappa shape index (κ2) is 12.3. The fraction of sp³-hybridized carbons (Fsp3) is 0.733. The van der Waals surface area contributed by atoms with Gasteiger partial charge in [-0.15, -0.1) is 0 Å². The lowest BCUT2D eigenvalue weighted by atomic mass is 10.1. The zero-order valence-corrected chi connectivity index (χ0v) is 14.8. The highest BCUT2D eigenvalue weighted by molar-refractivity contribution is 5.03. The maximum atomic E-state index is 12.8. The maximum absolute atomic E-state index is 12.8. The van der Waals surface area contributed by atoms with Gasteiger partial charge in [0.2, 0.25) is 5.60 Å². The van der Waals surface area contributed by atoms with E-state index in [1.165, 1.54) is 0 Å². The molecular formula is C15H22F8O4. The minimum absolute atomic E-state index is 0.0476. The van der Waals surface area contributed by atoms with Crippen LogP contribution in [0.1, 0.15) is 13.8 Å². The van der Waals surface area contributed by atoms with Crippen LogP contribution in [0.3, 0.4) is 0 Å². The SMILES string of the molecule is C=CC(CF)(OCOCC)C(F)(F)F.C=CC(F)(OCOCC)C(F)(F)F. The predicted molar refractivity (Wildman–Crippen MR) is 80.2 cm³/mol. The Morgan fingerprint density at radius 1 is 0.741 bits per heavy atom. The zero-order chi connectivity index (χ0) is 21.8. The number of alkyl halides is 8. The Labute approximate surface area is 151 Å². The third-order valence-corrected chi connectivity index (χ3v) is 2.82. The fourth-order valence-electron chi connectivity index (χ4n) is 1.12. The first-order valence-corrected chi connectivity index (χ1v) is 7.39. The van der Waals surface area contributed by atoms with E-state index >= 15 is 0 Å². The van der Waals surface area contributed by atoms with Gasteiger partial charge in [0.25, 0.3) is 0 Å². The van der Waals surface area contributed by atoms with Crippen molar-refractivity contribution in [3.8, 4) is 0 Å². The number of ether oxygens (including phenoxy) is 4. The predicted octanol–water partition coefficient (Wildman–Crippen LogP) is 4.86. The summed E-state index contributed by atoms with van der Waals surface area (Å²) >= 11 is 0. The lowest BCUT2D eigenvalue weighted by Gasteiger charge is -2.29. The molecule has 12 heteroatoms. The van der Waals surface area contributed by atoms with E-state index in [1.54, 1.807) is 13.8 Å². The molecular weight excluding hydrogens is 396 g/mol. The maximum Gasteiger partial charge on any atom is 0.452 e. The van der Waals surface area contributed by atoms with Gasteiger partial charge in [0.05, 0.1) is 0 Å². The molecule has 0 N–H and O–H groups in total. The summed E-state index contributed by atoms with van der Waals surface area (Å²) in [4.78, 5) is 0. The summed E-state index contributed by atoms with van der Waals surface area (Å²) in [6.07, 6.45) is -9.52. The minimum atomic E-state index is -5.13. The van der Waals surface area contributed by atoms with Crippen molar-refractivity contribution in [2.24, 2.45) is 0 Å². The van der Waals surface area contributed by atoms with Crippen molar-refractivity contribution in [2.45, 2.75) is 37.7 Å². The molecule has 0 radical (unpaired) electrons. The van der Waals surface area contributed by atoms with Crippen molar-refractivity contribution in [1.29, 1.82) is 0 Å². The molecule has 162 valence electrons. The van der Waals surface area contributed by atoms with E-state index < -0.39 is 44.1 Å². The Morgan fingerprint density at radius 2 is 1.19 bits per heavy atom. The van der Waals surface area contributed by atoms with Crippen molar-refractivity contribution in [1.82, 2.24) is 0 Å². The Kier molecular flexibility index (Phi) is 12.7. The molecule has 27 heavy (non-hydrogen) atoms. The lowest BCUT2D eigenvalue weighted by Crippen LogP contribution is -2.48. The molecule has 0 aromatic rings. The first-order chi connectivity index (χ1) is 12.3. The highest BCUT2D eigenvalue weighted by Gasteiger charge is 2.56. The third kappa shape index (κ3) is 9.00. The topological polar surface area (TPSA) is 36.9 Å². The molecule has 0 fully saturated rings. The smallest absolute Gasteiger partial charge is 0.356 e. The molecule has 0 aliphatic carbocycles. The second-order valence-electron chi connectivity index (χ2n) is 4.58. The molecule has 0 aromatic heterocycles. The first-order valence-electron chi connectivity index (χ1n) is 7.39. The molecule has 0 rings (SSSR count). The van der Waals surface area contributed by atoms with Crippen LogP contribution in [0.5, 0.6) is 0 Å². The van der Waals surface area contributed by atoms with E-state index in [4.69, 9.17) is 0 Å². The van der Waals surface area contributed by atoms with E-state index in [0.29, 0.717) is 6.08 Å². The molecule has 0 heterocycles. The van der Waals surface area contributed by atoms with E-state index in [2.05, 4.69) is 32.1 Å². The van der Waals surface area contributed by atoms with Gasteiger partial charge in [-0.05, 0) is 26.0 Å². The van der Waals surface area contributed by atoms with Gasteiger partial charge in [-0.2, -0.15) is 30.7 Å². The van der Waals surface area contributed by atoms with Crippen LogP contribution in [0.25, 0.3) is 0 Å². The van der Waals surface area contributed by atoms with E-state index in [-0.39, 0.29) is 19.3 Å². The Balaban J connectivity index is 0. The van der Waals surface area contributed by atoms with Crippen LogP contribution in [0.4, 0.5) is 35.1 Å². The number of rotatable bonds is 11. The summed E-state index contributed by atoms with van der Waals surface area (Å²) in [6, 6.07) is 0. The minimum Gasteiger partial charge on any atom is -0.356 e. The van der Waals surface area contributed by atoms with E-state index in [1.807, 2.05) is 0 Å². The molecule has 0 spiro atoms. The van der Waals surface area contributed by atoms with Crippen LogP contribution < -0.4 is 0 Å². The normalized spacial score (nSPS) is 16.5. The summed E-state index contributed by atoms with van der Waals surface area (Å²) in [5, 5.41) is 0. The third-order valence-electron chi connectivity index (χ3n) is 2.82. The van der Waals surface area contributed by atoms with Gasteiger partial charge in [0.15, 0.2) is 6.79 Å². The Bertz CT molecular complexity index is 427. The van der Waals surface area contributed by atoms with Crippen LogP contribution in [0.15, 0.2) is 25.3 Å². The molecule has 2 unspecified atom stereocenters. The molecule has 0 bridgehead atoms. The molecule has 4 nitrogen and oxygen atoms in total. The average Bonchev–Trinajstić information content (AvgIpc) is 2.57. The molecule has 0 amide bonds.